The van der Waals surface area contributed by atoms with Crippen LogP contribution >= 0.6 is 15.9 Å². The molecule has 1 aliphatic rings. The Morgan fingerprint density at radius 3 is 1.84 bits per heavy atom. The molecule has 142 valence electrons. The van der Waals surface area contributed by atoms with Gasteiger partial charge in [0.25, 0.3) is 4.70 Å². The second-order valence-corrected chi connectivity index (χ2v) is 6.38. The smallest absolute Gasteiger partial charge is 0.303 e. The standard InChI is InChI=1S/C14H19BrO10/c1-6(16)21-5-10-11(22-7(2)17)12(23-8(3)18)13(24-9(4)19)14(15,20)25-10/h10-13,20H,5H2,1-4H3/t10-,11-,12+,13+,14-/m1/s1. The van der Waals surface area contributed by atoms with E-state index in [4.69, 9.17) is 23.7 Å². The van der Waals surface area contributed by atoms with E-state index < -0.39 is 59.6 Å². The molecule has 1 N–H and O–H groups in total. The van der Waals surface area contributed by atoms with E-state index in [1.54, 1.807) is 0 Å². The minimum absolute atomic E-state index is 0.411. The van der Waals surface area contributed by atoms with Crippen LogP contribution in [0.3, 0.4) is 0 Å². The van der Waals surface area contributed by atoms with Gasteiger partial charge in [-0.1, -0.05) is 0 Å². The van der Waals surface area contributed by atoms with E-state index in [-0.39, 0.29) is 0 Å². The van der Waals surface area contributed by atoms with Gasteiger partial charge in [-0.2, -0.15) is 0 Å². The molecule has 5 atom stereocenters. The van der Waals surface area contributed by atoms with Gasteiger partial charge in [0, 0.05) is 27.7 Å². The van der Waals surface area contributed by atoms with Crippen molar-refractivity contribution in [1.29, 1.82) is 0 Å². The Morgan fingerprint density at radius 2 is 1.40 bits per heavy atom. The molecule has 1 aliphatic heterocycles. The lowest BCUT2D eigenvalue weighted by Gasteiger charge is -2.46. The van der Waals surface area contributed by atoms with Crippen LogP contribution in [0.2, 0.25) is 0 Å². The first-order valence-corrected chi connectivity index (χ1v) is 7.97. The number of hydrogen-bond donors (Lipinski definition) is 1. The molecule has 11 heteroatoms. The van der Waals surface area contributed by atoms with E-state index in [0.29, 0.717) is 0 Å². The van der Waals surface area contributed by atoms with Gasteiger partial charge < -0.3 is 28.8 Å². The van der Waals surface area contributed by atoms with E-state index in [1.807, 2.05) is 0 Å². The molecule has 0 unspecified atom stereocenters. The van der Waals surface area contributed by atoms with Crippen LogP contribution in [0.1, 0.15) is 27.7 Å². The highest BCUT2D eigenvalue weighted by Gasteiger charge is 2.58. The van der Waals surface area contributed by atoms with Gasteiger partial charge in [-0.25, -0.2) is 0 Å². The Bertz CT molecular complexity index is 546. The lowest BCUT2D eigenvalue weighted by Crippen LogP contribution is -2.66. The van der Waals surface area contributed by atoms with E-state index in [1.165, 1.54) is 0 Å². The monoisotopic (exact) mass is 426 g/mol. The van der Waals surface area contributed by atoms with Gasteiger partial charge in [0.1, 0.15) is 12.7 Å². The third-order valence-electron chi connectivity index (χ3n) is 3.00. The van der Waals surface area contributed by atoms with Gasteiger partial charge in [0.15, 0.2) is 12.2 Å². The molecule has 0 saturated carbocycles. The first kappa shape index (κ1) is 21.3. The molecule has 0 bridgehead atoms. The predicted octanol–water partition coefficient (Wildman–Crippen LogP) is -0.216. The summed E-state index contributed by atoms with van der Waals surface area (Å²) in [7, 11) is 0. The molecule has 0 aromatic carbocycles. The number of hydrogen-bond acceptors (Lipinski definition) is 10. The highest BCUT2D eigenvalue weighted by Crippen LogP contribution is 2.38. The molecule has 0 aliphatic carbocycles. The van der Waals surface area contributed by atoms with Crippen molar-refractivity contribution >= 4 is 39.8 Å². The summed E-state index contributed by atoms with van der Waals surface area (Å²) in [4.78, 5) is 45.2. The van der Waals surface area contributed by atoms with Crippen LogP contribution in [0.15, 0.2) is 0 Å². The Kier molecular flexibility index (Phi) is 7.32. The van der Waals surface area contributed by atoms with E-state index in [2.05, 4.69) is 15.9 Å². The molecule has 0 spiro atoms. The molecule has 1 saturated heterocycles. The number of carbonyl (C=O) groups excluding carboxylic acids is 4. The lowest BCUT2D eigenvalue weighted by atomic mass is 9.98. The number of halogens is 1. The average molecular weight is 427 g/mol. The van der Waals surface area contributed by atoms with Crippen LogP contribution in [0, 0.1) is 0 Å². The van der Waals surface area contributed by atoms with Gasteiger partial charge in [-0.15, -0.1) is 0 Å². The van der Waals surface area contributed by atoms with Crippen LogP contribution < -0.4 is 0 Å². The summed E-state index contributed by atoms with van der Waals surface area (Å²) in [6, 6.07) is 0. The van der Waals surface area contributed by atoms with Gasteiger partial charge >= 0.3 is 23.9 Å². The summed E-state index contributed by atoms with van der Waals surface area (Å²) in [6.07, 6.45) is -5.47. The SMILES string of the molecule is CC(=O)OC[C@H]1O[C@@](O)(Br)[C@@H](OC(C)=O)[C@@H](OC(C)=O)[C@@H]1OC(C)=O. The van der Waals surface area contributed by atoms with Gasteiger partial charge in [-0.3, -0.25) is 19.2 Å². The second kappa shape index (κ2) is 8.59. The number of carbonyl (C=O) groups is 4. The van der Waals surface area contributed by atoms with Crippen molar-refractivity contribution in [2.24, 2.45) is 0 Å². The number of rotatable bonds is 5. The minimum atomic E-state index is -2.28. The number of ether oxygens (including phenoxy) is 5. The maximum absolute atomic E-state index is 11.4. The summed E-state index contributed by atoms with van der Waals surface area (Å²) < 4.78 is 23.0. The van der Waals surface area contributed by atoms with Crippen molar-refractivity contribution < 1.29 is 48.0 Å². The number of alkyl halides is 1. The van der Waals surface area contributed by atoms with Gasteiger partial charge in [0.05, 0.1) is 0 Å². The summed E-state index contributed by atoms with van der Waals surface area (Å²) in [6.45, 7) is 3.99. The van der Waals surface area contributed by atoms with Crippen LogP contribution in [0.5, 0.6) is 0 Å². The van der Waals surface area contributed by atoms with E-state index in [0.717, 1.165) is 27.7 Å². The number of esters is 4. The number of aliphatic hydroxyl groups is 1. The molecular weight excluding hydrogens is 408 g/mol. The fraction of sp³-hybridized carbons (Fsp3) is 0.714. The van der Waals surface area contributed by atoms with Crippen LogP contribution in [0.25, 0.3) is 0 Å². The van der Waals surface area contributed by atoms with Crippen molar-refractivity contribution in [1.82, 2.24) is 0 Å². The van der Waals surface area contributed by atoms with Crippen molar-refractivity contribution in [2.45, 2.75) is 56.8 Å². The quantitative estimate of drug-likeness (QED) is 0.357. The molecule has 10 nitrogen and oxygen atoms in total. The van der Waals surface area contributed by atoms with Crippen molar-refractivity contribution in [3.05, 3.63) is 0 Å². The maximum Gasteiger partial charge on any atom is 0.303 e. The third kappa shape index (κ3) is 6.25. The van der Waals surface area contributed by atoms with Crippen LogP contribution in [-0.2, 0) is 42.9 Å². The molecule has 0 aromatic rings. The highest BCUT2D eigenvalue weighted by atomic mass is 79.9. The zero-order chi connectivity index (χ0) is 19.4. The Hall–Kier alpha value is -1.72. The Labute approximate surface area is 151 Å². The topological polar surface area (TPSA) is 135 Å². The van der Waals surface area contributed by atoms with Crippen LogP contribution in [-0.4, -0.2) is 64.7 Å². The molecule has 0 aromatic heterocycles. The molecule has 1 heterocycles. The summed E-state index contributed by atoms with van der Waals surface area (Å²) in [5.74, 6) is -2.98. The molecule has 1 rings (SSSR count). The lowest BCUT2D eigenvalue weighted by molar-refractivity contribution is -0.309. The first-order chi connectivity index (χ1) is 11.4. The average Bonchev–Trinajstić information content (AvgIpc) is 2.42. The third-order valence-corrected chi connectivity index (χ3v) is 3.64. The fourth-order valence-corrected chi connectivity index (χ4v) is 2.83. The first-order valence-electron chi connectivity index (χ1n) is 7.18. The Morgan fingerprint density at radius 1 is 0.920 bits per heavy atom. The molecular formula is C14H19BrO10. The van der Waals surface area contributed by atoms with E-state index >= 15 is 0 Å². The predicted molar refractivity (Wildman–Crippen MR) is 82.0 cm³/mol. The van der Waals surface area contributed by atoms with Crippen molar-refractivity contribution in [2.75, 3.05) is 6.61 Å². The second-order valence-electron chi connectivity index (χ2n) is 5.25. The van der Waals surface area contributed by atoms with Gasteiger partial charge in [0.2, 0.25) is 6.10 Å². The fourth-order valence-electron chi connectivity index (χ4n) is 2.23. The Balaban J connectivity index is 3.24. The maximum atomic E-state index is 11.4. The largest absolute Gasteiger partial charge is 0.463 e. The zero-order valence-electron chi connectivity index (χ0n) is 14.0. The molecule has 25 heavy (non-hydrogen) atoms. The zero-order valence-corrected chi connectivity index (χ0v) is 15.6. The van der Waals surface area contributed by atoms with Crippen molar-refractivity contribution in [3.8, 4) is 0 Å². The van der Waals surface area contributed by atoms with E-state index in [9.17, 15) is 24.3 Å². The molecule has 1 fully saturated rings. The summed E-state index contributed by atoms with van der Waals surface area (Å²) in [5, 5.41) is 10.4. The normalized spacial score (nSPS) is 31.6. The van der Waals surface area contributed by atoms with Crippen molar-refractivity contribution in [3.63, 3.8) is 0 Å². The minimum Gasteiger partial charge on any atom is -0.463 e. The highest BCUT2D eigenvalue weighted by molar-refractivity contribution is 9.10. The molecule has 0 amide bonds. The van der Waals surface area contributed by atoms with Gasteiger partial charge in [-0.05, 0) is 15.9 Å². The summed E-state index contributed by atoms with van der Waals surface area (Å²) >= 11 is 2.84. The summed E-state index contributed by atoms with van der Waals surface area (Å²) in [5.41, 5.74) is 0. The van der Waals surface area contributed by atoms with Crippen LogP contribution in [0.4, 0.5) is 0 Å². The molecule has 0 radical (unpaired) electrons.